The van der Waals surface area contributed by atoms with Crippen molar-refractivity contribution in [1.29, 1.82) is 0 Å². The first-order chi connectivity index (χ1) is 14.1. The van der Waals surface area contributed by atoms with Crippen molar-refractivity contribution in [3.05, 3.63) is 83.9 Å². The second-order valence-electron chi connectivity index (χ2n) is 6.36. The van der Waals surface area contributed by atoms with Gasteiger partial charge in [-0.25, -0.2) is 4.68 Å². The molecule has 0 unspecified atom stereocenters. The predicted octanol–water partition coefficient (Wildman–Crippen LogP) is 4.81. The number of benzene rings is 2. The summed E-state index contributed by atoms with van der Waals surface area (Å²) in [5.41, 5.74) is 3.31. The summed E-state index contributed by atoms with van der Waals surface area (Å²) in [6.07, 6.45) is 1.74. The van der Waals surface area contributed by atoms with Crippen molar-refractivity contribution in [2.24, 2.45) is 0 Å². The van der Waals surface area contributed by atoms with E-state index < -0.39 is 0 Å². The third-order valence-corrected chi connectivity index (χ3v) is 5.07. The quantitative estimate of drug-likeness (QED) is 0.503. The van der Waals surface area contributed by atoms with Crippen molar-refractivity contribution in [3.63, 3.8) is 0 Å². The molecule has 0 aliphatic carbocycles. The molecule has 0 spiro atoms. The number of thiophene rings is 1. The van der Waals surface area contributed by atoms with Gasteiger partial charge in [0.25, 0.3) is 5.91 Å². The highest BCUT2D eigenvalue weighted by molar-refractivity contribution is 7.13. The Balaban J connectivity index is 1.63. The Morgan fingerprint density at radius 1 is 0.897 bits per heavy atom. The number of nitrogens with one attached hydrogen (secondary N) is 2. The molecule has 2 heterocycles. The molecule has 144 valence electrons. The summed E-state index contributed by atoms with van der Waals surface area (Å²) < 4.78 is 1.71. The fourth-order valence-corrected chi connectivity index (χ4v) is 3.61. The molecule has 0 saturated heterocycles. The highest BCUT2D eigenvalue weighted by atomic mass is 32.1. The SMILES string of the molecule is CC(=O)Nc1ccc(NC(=O)c2cn(-c3ccccc3)nc2-c2cccs2)cc1. The van der Waals surface area contributed by atoms with Crippen LogP contribution in [0.2, 0.25) is 0 Å². The molecule has 2 amide bonds. The number of para-hydroxylation sites is 1. The van der Waals surface area contributed by atoms with Crippen LogP contribution in [0.15, 0.2) is 78.3 Å². The first-order valence-corrected chi connectivity index (χ1v) is 9.86. The number of hydrogen-bond acceptors (Lipinski definition) is 4. The molecule has 0 radical (unpaired) electrons. The zero-order valence-electron chi connectivity index (χ0n) is 15.6. The minimum Gasteiger partial charge on any atom is -0.326 e. The second kappa shape index (κ2) is 8.12. The zero-order chi connectivity index (χ0) is 20.2. The lowest BCUT2D eigenvalue weighted by molar-refractivity contribution is -0.114. The number of carbonyl (C=O) groups is 2. The second-order valence-corrected chi connectivity index (χ2v) is 7.31. The molecule has 0 aliphatic heterocycles. The monoisotopic (exact) mass is 402 g/mol. The minimum absolute atomic E-state index is 0.143. The van der Waals surface area contributed by atoms with Crippen LogP contribution in [0.1, 0.15) is 17.3 Å². The number of aromatic nitrogens is 2. The van der Waals surface area contributed by atoms with Gasteiger partial charge in [-0.05, 0) is 47.8 Å². The van der Waals surface area contributed by atoms with Gasteiger partial charge in [-0.1, -0.05) is 24.3 Å². The summed E-state index contributed by atoms with van der Waals surface area (Å²) in [5, 5.41) is 12.2. The van der Waals surface area contributed by atoms with Gasteiger partial charge >= 0.3 is 0 Å². The third kappa shape index (κ3) is 4.25. The lowest BCUT2D eigenvalue weighted by Gasteiger charge is -2.07. The third-order valence-electron chi connectivity index (χ3n) is 4.20. The van der Waals surface area contributed by atoms with Crippen LogP contribution in [0.3, 0.4) is 0 Å². The fourth-order valence-electron chi connectivity index (χ4n) is 2.89. The Kier molecular flexibility index (Phi) is 5.22. The van der Waals surface area contributed by atoms with Gasteiger partial charge in [0, 0.05) is 24.5 Å². The molecule has 4 rings (SSSR count). The molecule has 0 bridgehead atoms. The van der Waals surface area contributed by atoms with Gasteiger partial charge in [-0.15, -0.1) is 11.3 Å². The Bertz CT molecular complexity index is 1130. The van der Waals surface area contributed by atoms with Gasteiger partial charge < -0.3 is 10.6 Å². The Morgan fingerprint density at radius 3 is 2.21 bits per heavy atom. The maximum absolute atomic E-state index is 13.0. The van der Waals surface area contributed by atoms with E-state index in [2.05, 4.69) is 15.7 Å². The van der Waals surface area contributed by atoms with Crippen molar-refractivity contribution in [3.8, 4) is 16.3 Å². The topological polar surface area (TPSA) is 76.0 Å². The number of rotatable bonds is 5. The molecule has 0 fully saturated rings. The maximum Gasteiger partial charge on any atom is 0.259 e. The zero-order valence-corrected chi connectivity index (χ0v) is 16.4. The number of nitrogens with zero attached hydrogens (tertiary/aromatic N) is 2. The largest absolute Gasteiger partial charge is 0.326 e. The van der Waals surface area contributed by atoms with Gasteiger partial charge in [-0.2, -0.15) is 5.10 Å². The van der Waals surface area contributed by atoms with Gasteiger partial charge in [0.05, 0.1) is 16.1 Å². The van der Waals surface area contributed by atoms with Gasteiger partial charge in [-0.3, -0.25) is 9.59 Å². The van der Waals surface area contributed by atoms with E-state index >= 15 is 0 Å². The molecule has 7 heteroatoms. The Hall–Kier alpha value is -3.71. The standard InChI is InChI=1S/C22H18N4O2S/c1-15(27)23-16-9-11-17(12-10-16)24-22(28)19-14-26(18-6-3-2-4-7-18)25-21(19)20-8-5-13-29-20/h2-14H,1H3,(H,23,27)(H,24,28). The highest BCUT2D eigenvalue weighted by Gasteiger charge is 2.19. The van der Waals surface area contributed by atoms with Crippen LogP contribution in [0.4, 0.5) is 11.4 Å². The minimum atomic E-state index is -0.247. The summed E-state index contributed by atoms with van der Waals surface area (Å²) in [4.78, 5) is 25.1. The molecular formula is C22H18N4O2S. The first-order valence-electron chi connectivity index (χ1n) is 8.98. The number of amides is 2. The lowest BCUT2D eigenvalue weighted by Crippen LogP contribution is -2.12. The van der Waals surface area contributed by atoms with Gasteiger partial charge in [0.15, 0.2) is 0 Å². The van der Waals surface area contributed by atoms with Crippen LogP contribution in [0.25, 0.3) is 16.3 Å². The molecule has 2 aromatic carbocycles. The molecule has 2 N–H and O–H groups in total. The van der Waals surface area contributed by atoms with Crippen LogP contribution in [-0.2, 0) is 4.79 Å². The molecular weight excluding hydrogens is 384 g/mol. The molecule has 0 atom stereocenters. The number of carbonyl (C=O) groups excluding carboxylic acids is 2. The smallest absolute Gasteiger partial charge is 0.259 e. The fraction of sp³-hybridized carbons (Fsp3) is 0.0455. The summed E-state index contributed by atoms with van der Waals surface area (Å²) in [7, 11) is 0. The molecule has 0 saturated carbocycles. The van der Waals surface area contributed by atoms with Crippen LogP contribution in [-0.4, -0.2) is 21.6 Å². The average molecular weight is 402 g/mol. The van der Waals surface area contributed by atoms with Crippen molar-refractivity contribution in [1.82, 2.24) is 9.78 Å². The van der Waals surface area contributed by atoms with E-state index in [1.807, 2.05) is 47.8 Å². The van der Waals surface area contributed by atoms with Gasteiger partial charge in [0.2, 0.25) is 5.91 Å². The van der Waals surface area contributed by atoms with Crippen LogP contribution in [0, 0.1) is 0 Å². The van der Waals surface area contributed by atoms with E-state index in [9.17, 15) is 9.59 Å². The normalized spacial score (nSPS) is 10.5. The van der Waals surface area contributed by atoms with E-state index in [4.69, 9.17) is 0 Å². The van der Waals surface area contributed by atoms with E-state index in [0.717, 1.165) is 10.6 Å². The summed E-state index contributed by atoms with van der Waals surface area (Å²) in [6.45, 7) is 1.45. The lowest BCUT2D eigenvalue weighted by atomic mass is 10.2. The van der Waals surface area contributed by atoms with E-state index in [1.165, 1.54) is 18.3 Å². The van der Waals surface area contributed by atoms with Crippen LogP contribution < -0.4 is 10.6 Å². The van der Waals surface area contributed by atoms with Crippen molar-refractivity contribution in [2.75, 3.05) is 10.6 Å². The Morgan fingerprint density at radius 2 is 1.59 bits per heavy atom. The molecule has 4 aromatic rings. The number of hydrogen-bond donors (Lipinski definition) is 2. The van der Waals surface area contributed by atoms with Crippen molar-refractivity contribution >= 4 is 34.5 Å². The number of anilines is 2. The summed E-state index contributed by atoms with van der Waals surface area (Å²) in [6, 6.07) is 20.5. The molecule has 29 heavy (non-hydrogen) atoms. The van der Waals surface area contributed by atoms with Crippen LogP contribution in [0.5, 0.6) is 0 Å². The van der Waals surface area contributed by atoms with E-state index in [1.54, 1.807) is 35.1 Å². The highest BCUT2D eigenvalue weighted by Crippen LogP contribution is 2.28. The summed E-state index contributed by atoms with van der Waals surface area (Å²) in [5.74, 6) is -0.390. The van der Waals surface area contributed by atoms with Crippen molar-refractivity contribution < 1.29 is 9.59 Å². The molecule has 2 aromatic heterocycles. The Labute approximate surface area is 171 Å². The first kappa shape index (κ1) is 18.6. The summed E-state index contributed by atoms with van der Waals surface area (Å²) >= 11 is 1.53. The van der Waals surface area contributed by atoms with E-state index in [0.29, 0.717) is 22.6 Å². The van der Waals surface area contributed by atoms with E-state index in [-0.39, 0.29) is 11.8 Å². The molecule has 0 aliphatic rings. The van der Waals surface area contributed by atoms with Crippen molar-refractivity contribution in [2.45, 2.75) is 6.92 Å². The molecule has 6 nitrogen and oxygen atoms in total. The van der Waals surface area contributed by atoms with Crippen LogP contribution >= 0.6 is 11.3 Å². The maximum atomic E-state index is 13.0. The average Bonchev–Trinajstić information content (AvgIpc) is 3.39. The predicted molar refractivity (Wildman–Crippen MR) is 116 cm³/mol. The van der Waals surface area contributed by atoms with Gasteiger partial charge in [0.1, 0.15) is 5.69 Å².